The lowest BCUT2D eigenvalue weighted by Gasteiger charge is -2.09. The first-order valence-corrected chi connectivity index (χ1v) is 5.38. The average molecular weight is 269 g/mol. The van der Waals surface area contributed by atoms with E-state index in [0.29, 0.717) is 9.99 Å². The van der Waals surface area contributed by atoms with Gasteiger partial charge in [0.05, 0.1) is 0 Å². The van der Waals surface area contributed by atoms with Crippen LogP contribution in [0.15, 0.2) is 28.9 Å². The van der Waals surface area contributed by atoms with Gasteiger partial charge in [0, 0.05) is 22.1 Å². The Bertz CT molecular complexity index is 511. The zero-order chi connectivity index (χ0) is 11.0. The largest absolute Gasteiger partial charge is 0.324 e. The Balaban J connectivity index is 2.85. The summed E-state index contributed by atoms with van der Waals surface area (Å²) in [6.07, 6.45) is 1.58. The third-order valence-electron chi connectivity index (χ3n) is 2.29. The molecule has 1 aromatic carbocycles. The third-order valence-corrected chi connectivity index (χ3v) is 2.75. The van der Waals surface area contributed by atoms with Crippen LogP contribution in [-0.4, -0.2) is 4.98 Å². The molecule has 1 atom stereocenters. The molecule has 0 saturated heterocycles. The summed E-state index contributed by atoms with van der Waals surface area (Å²) in [7, 11) is 0. The van der Waals surface area contributed by atoms with Crippen LogP contribution in [0.3, 0.4) is 0 Å². The summed E-state index contributed by atoms with van der Waals surface area (Å²) in [5, 5.41) is 0.763. The summed E-state index contributed by atoms with van der Waals surface area (Å²) < 4.78 is 14.3. The number of pyridine rings is 1. The van der Waals surface area contributed by atoms with Gasteiger partial charge in [-0.3, -0.25) is 4.98 Å². The predicted molar refractivity (Wildman–Crippen MR) is 62.0 cm³/mol. The maximum absolute atomic E-state index is 13.6. The van der Waals surface area contributed by atoms with Crippen molar-refractivity contribution in [1.29, 1.82) is 0 Å². The molecule has 4 heteroatoms. The van der Waals surface area contributed by atoms with Crippen LogP contribution in [0, 0.1) is 5.82 Å². The second-order valence-electron chi connectivity index (χ2n) is 3.47. The first-order chi connectivity index (χ1) is 7.09. The molecule has 2 aromatic rings. The van der Waals surface area contributed by atoms with E-state index in [1.54, 1.807) is 6.20 Å². The van der Waals surface area contributed by atoms with E-state index in [1.807, 2.05) is 19.1 Å². The van der Waals surface area contributed by atoms with Gasteiger partial charge in [0.15, 0.2) is 5.82 Å². The molecule has 0 amide bonds. The minimum atomic E-state index is -0.332. The van der Waals surface area contributed by atoms with Crippen LogP contribution in [0.4, 0.5) is 4.39 Å². The molecular weight excluding hydrogens is 259 g/mol. The number of hydrogen-bond acceptors (Lipinski definition) is 2. The Labute approximate surface area is 95.4 Å². The molecule has 0 aliphatic heterocycles. The number of benzene rings is 1. The third kappa shape index (κ3) is 1.87. The summed E-state index contributed by atoms with van der Waals surface area (Å²) in [5.74, 6) is -0.332. The first kappa shape index (κ1) is 10.5. The molecule has 2 rings (SSSR count). The number of fused-ring (bicyclic) bond motifs is 1. The van der Waals surface area contributed by atoms with Crippen molar-refractivity contribution in [3.63, 3.8) is 0 Å². The van der Waals surface area contributed by atoms with Crippen LogP contribution in [-0.2, 0) is 0 Å². The molecule has 78 valence electrons. The highest BCUT2D eigenvalue weighted by atomic mass is 79.9. The number of aromatic nitrogens is 1. The fraction of sp³-hybridized carbons (Fsp3) is 0.182. The Kier molecular flexibility index (Phi) is 2.71. The lowest BCUT2D eigenvalue weighted by Crippen LogP contribution is -2.06. The Morgan fingerprint density at radius 1 is 1.47 bits per heavy atom. The minimum Gasteiger partial charge on any atom is -0.324 e. The van der Waals surface area contributed by atoms with Gasteiger partial charge in [-0.25, -0.2) is 4.39 Å². The molecular formula is C11H10BrFN2. The van der Waals surface area contributed by atoms with E-state index in [0.717, 1.165) is 10.9 Å². The Morgan fingerprint density at radius 3 is 2.87 bits per heavy atom. The molecule has 0 bridgehead atoms. The zero-order valence-corrected chi connectivity index (χ0v) is 9.75. The van der Waals surface area contributed by atoms with Crippen molar-refractivity contribution in [2.24, 2.45) is 5.73 Å². The molecule has 0 fully saturated rings. The predicted octanol–water partition coefficient (Wildman–Crippen LogP) is 3.16. The van der Waals surface area contributed by atoms with Crippen LogP contribution in [0.2, 0.25) is 0 Å². The number of nitrogens with two attached hydrogens (primary N) is 1. The molecule has 0 radical (unpaired) electrons. The van der Waals surface area contributed by atoms with Gasteiger partial charge in [-0.1, -0.05) is 15.9 Å². The molecule has 2 nitrogen and oxygen atoms in total. The van der Waals surface area contributed by atoms with E-state index in [1.165, 1.54) is 6.07 Å². The van der Waals surface area contributed by atoms with Gasteiger partial charge in [-0.2, -0.15) is 0 Å². The van der Waals surface area contributed by atoms with Crippen LogP contribution in [0.25, 0.3) is 10.9 Å². The maximum Gasteiger partial charge on any atom is 0.150 e. The lowest BCUT2D eigenvalue weighted by atomic mass is 10.0. The SMILES string of the molecule is CC(N)c1ccnc2c(F)cc(Br)cc12. The van der Waals surface area contributed by atoms with E-state index in [4.69, 9.17) is 5.73 Å². The van der Waals surface area contributed by atoms with E-state index in [2.05, 4.69) is 20.9 Å². The van der Waals surface area contributed by atoms with Crippen molar-refractivity contribution >= 4 is 26.8 Å². The monoisotopic (exact) mass is 268 g/mol. The summed E-state index contributed by atoms with van der Waals surface area (Å²) in [6.45, 7) is 1.87. The van der Waals surface area contributed by atoms with Crippen molar-refractivity contribution in [2.45, 2.75) is 13.0 Å². The Morgan fingerprint density at radius 2 is 2.20 bits per heavy atom. The van der Waals surface area contributed by atoms with Crippen LogP contribution in [0.5, 0.6) is 0 Å². The summed E-state index contributed by atoms with van der Waals surface area (Å²) in [4.78, 5) is 4.01. The summed E-state index contributed by atoms with van der Waals surface area (Å²) >= 11 is 3.26. The molecule has 0 spiro atoms. The highest BCUT2D eigenvalue weighted by Crippen LogP contribution is 2.26. The van der Waals surface area contributed by atoms with Crippen molar-refractivity contribution in [3.05, 3.63) is 40.2 Å². The van der Waals surface area contributed by atoms with Gasteiger partial charge >= 0.3 is 0 Å². The fourth-order valence-electron chi connectivity index (χ4n) is 1.60. The smallest absolute Gasteiger partial charge is 0.150 e. The first-order valence-electron chi connectivity index (χ1n) is 4.59. The van der Waals surface area contributed by atoms with E-state index < -0.39 is 0 Å². The molecule has 0 aliphatic carbocycles. The van der Waals surface area contributed by atoms with Gasteiger partial charge in [0.1, 0.15) is 5.52 Å². The van der Waals surface area contributed by atoms with E-state index >= 15 is 0 Å². The minimum absolute atomic E-state index is 0.135. The quantitative estimate of drug-likeness (QED) is 0.863. The topological polar surface area (TPSA) is 38.9 Å². The number of hydrogen-bond donors (Lipinski definition) is 1. The van der Waals surface area contributed by atoms with Gasteiger partial charge < -0.3 is 5.73 Å². The van der Waals surface area contributed by atoms with Crippen LogP contribution >= 0.6 is 15.9 Å². The maximum atomic E-state index is 13.6. The van der Waals surface area contributed by atoms with Crippen LogP contribution in [0.1, 0.15) is 18.5 Å². The van der Waals surface area contributed by atoms with Crippen molar-refractivity contribution in [1.82, 2.24) is 4.98 Å². The lowest BCUT2D eigenvalue weighted by molar-refractivity contribution is 0.635. The summed E-state index contributed by atoms with van der Waals surface area (Å²) in [5.41, 5.74) is 7.09. The van der Waals surface area contributed by atoms with Crippen molar-refractivity contribution in [3.8, 4) is 0 Å². The van der Waals surface area contributed by atoms with E-state index in [-0.39, 0.29) is 11.9 Å². The van der Waals surface area contributed by atoms with Crippen LogP contribution < -0.4 is 5.73 Å². The molecule has 0 saturated carbocycles. The van der Waals surface area contributed by atoms with Gasteiger partial charge in [-0.15, -0.1) is 0 Å². The number of halogens is 2. The normalized spacial score (nSPS) is 13.1. The van der Waals surface area contributed by atoms with Gasteiger partial charge in [0.25, 0.3) is 0 Å². The number of rotatable bonds is 1. The fourth-order valence-corrected chi connectivity index (χ4v) is 2.03. The van der Waals surface area contributed by atoms with Crippen molar-refractivity contribution < 1.29 is 4.39 Å². The average Bonchev–Trinajstić information content (AvgIpc) is 2.16. The molecule has 2 N–H and O–H groups in total. The molecule has 15 heavy (non-hydrogen) atoms. The highest BCUT2D eigenvalue weighted by Gasteiger charge is 2.10. The standard InChI is InChI=1S/C11H10BrFN2/c1-6(14)8-2-3-15-11-9(8)4-7(12)5-10(11)13/h2-6H,14H2,1H3. The van der Waals surface area contributed by atoms with Gasteiger partial charge in [-0.05, 0) is 30.7 Å². The second-order valence-corrected chi connectivity index (χ2v) is 4.39. The highest BCUT2D eigenvalue weighted by molar-refractivity contribution is 9.10. The zero-order valence-electron chi connectivity index (χ0n) is 8.17. The van der Waals surface area contributed by atoms with E-state index in [9.17, 15) is 4.39 Å². The number of nitrogens with zero attached hydrogens (tertiary/aromatic N) is 1. The van der Waals surface area contributed by atoms with Gasteiger partial charge in [0.2, 0.25) is 0 Å². The molecule has 1 heterocycles. The second kappa shape index (κ2) is 3.87. The molecule has 0 aliphatic rings. The van der Waals surface area contributed by atoms with Crippen molar-refractivity contribution in [2.75, 3.05) is 0 Å². The summed E-state index contributed by atoms with van der Waals surface area (Å²) in [6, 6.07) is 4.92. The molecule has 1 aromatic heterocycles. The Hall–Kier alpha value is -1.00. The molecule has 1 unspecified atom stereocenters.